The Morgan fingerprint density at radius 1 is 1.41 bits per heavy atom. The fourth-order valence-electron chi connectivity index (χ4n) is 1.31. The lowest BCUT2D eigenvalue weighted by Crippen LogP contribution is -2.19. The predicted octanol–water partition coefficient (Wildman–Crippen LogP) is 2.07. The Labute approximate surface area is 107 Å². The molecule has 4 nitrogen and oxygen atoms in total. The highest BCUT2D eigenvalue weighted by molar-refractivity contribution is 7.99. The smallest absolute Gasteiger partial charge is 0.242 e. The van der Waals surface area contributed by atoms with Gasteiger partial charge >= 0.3 is 0 Å². The van der Waals surface area contributed by atoms with Crippen LogP contribution in [0.2, 0.25) is 0 Å². The first kappa shape index (κ1) is 14.3. The molecule has 6 heteroatoms. The van der Waals surface area contributed by atoms with Gasteiger partial charge in [-0.3, -0.25) is 0 Å². The lowest BCUT2D eigenvalue weighted by molar-refractivity contribution is 0.588. The Morgan fingerprint density at radius 2 is 2.12 bits per heavy atom. The van der Waals surface area contributed by atoms with Gasteiger partial charge in [-0.05, 0) is 37.4 Å². The molecule has 0 aliphatic heterocycles. The number of benzene rings is 1. The first-order valence-corrected chi connectivity index (χ1v) is 7.94. The number of rotatable bonds is 6. The highest BCUT2D eigenvalue weighted by Crippen LogP contribution is 2.26. The first-order valence-electron chi connectivity index (χ1n) is 5.47. The lowest BCUT2D eigenvalue weighted by Gasteiger charge is -2.08. The summed E-state index contributed by atoms with van der Waals surface area (Å²) in [6.07, 6.45) is 2.29. The van der Waals surface area contributed by atoms with Gasteiger partial charge in [0.05, 0.1) is 5.69 Å². The number of unbranched alkanes of at least 4 members (excludes halogenated alkanes) is 1. The fraction of sp³-hybridized carbons (Fsp3) is 0.455. The molecule has 0 spiro atoms. The van der Waals surface area contributed by atoms with Crippen molar-refractivity contribution in [3.8, 4) is 0 Å². The molecular formula is C11H18N2O2S2. The van der Waals surface area contributed by atoms with Gasteiger partial charge in [-0.1, -0.05) is 13.3 Å². The van der Waals surface area contributed by atoms with Crippen molar-refractivity contribution in [2.24, 2.45) is 0 Å². The molecule has 0 fully saturated rings. The van der Waals surface area contributed by atoms with Gasteiger partial charge in [0.15, 0.2) is 0 Å². The Hall–Kier alpha value is -0.720. The van der Waals surface area contributed by atoms with Crippen LogP contribution in [0.4, 0.5) is 5.69 Å². The van der Waals surface area contributed by atoms with Crippen molar-refractivity contribution in [1.29, 1.82) is 0 Å². The van der Waals surface area contributed by atoms with Crippen LogP contribution < -0.4 is 10.5 Å². The lowest BCUT2D eigenvalue weighted by atomic mass is 10.3. The summed E-state index contributed by atoms with van der Waals surface area (Å²) in [6, 6.07) is 5.06. The summed E-state index contributed by atoms with van der Waals surface area (Å²) in [6.45, 7) is 2.14. The molecule has 0 aliphatic carbocycles. The zero-order chi connectivity index (χ0) is 12.9. The van der Waals surface area contributed by atoms with Gasteiger partial charge in [-0.25, -0.2) is 13.1 Å². The van der Waals surface area contributed by atoms with Crippen LogP contribution in [0.25, 0.3) is 0 Å². The summed E-state index contributed by atoms with van der Waals surface area (Å²) < 4.78 is 25.4. The quantitative estimate of drug-likeness (QED) is 0.473. The van der Waals surface area contributed by atoms with Crippen molar-refractivity contribution < 1.29 is 8.42 Å². The molecule has 1 aromatic carbocycles. The van der Waals surface area contributed by atoms with Crippen LogP contribution in [0, 0.1) is 0 Å². The maximum absolute atomic E-state index is 11.6. The van der Waals surface area contributed by atoms with Gasteiger partial charge in [0.1, 0.15) is 4.90 Å². The Bertz CT molecular complexity index is 472. The number of anilines is 1. The number of thioether (sulfide) groups is 1. The molecule has 1 aromatic rings. The molecule has 0 aliphatic rings. The minimum atomic E-state index is -3.46. The second kappa shape index (κ2) is 6.28. The molecule has 96 valence electrons. The number of hydrogen-bond donors (Lipinski definition) is 2. The SMILES string of the molecule is CCCCSc1ccc(S(=O)(=O)NC)c(N)c1. The molecule has 0 saturated carbocycles. The topological polar surface area (TPSA) is 72.2 Å². The van der Waals surface area contributed by atoms with Crippen molar-refractivity contribution in [1.82, 2.24) is 4.72 Å². The van der Waals surface area contributed by atoms with Crippen LogP contribution in [-0.2, 0) is 10.0 Å². The highest BCUT2D eigenvalue weighted by atomic mass is 32.2. The summed E-state index contributed by atoms with van der Waals surface area (Å²) in [5, 5.41) is 0. The summed E-state index contributed by atoms with van der Waals surface area (Å²) >= 11 is 1.69. The maximum Gasteiger partial charge on any atom is 0.242 e. The van der Waals surface area contributed by atoms with Gasteiger partial charge in [-0.2, -0.15) is 0 Å². The fourth-order valence-corrected chi connectivity index (χ4v) is 3.18. The van der Waals surface area contributed by atoms with Crippen molar-refractivity contribution in [2.75, 3.05) is 18.5 Å². The van der Waals surface area contributed by atoms with Gasteiger partial charge in [0.25, 0.3) is 0 Å². The summed E-state index contributed by atoms with van der Waals surface area (Å²) in [5.74, 6) is 1.02. The average Bonchev–Trinajstić information content (AvgIpc) is 2.29. The van der Waals surface area contributed by atoms with E-state index in [0.29, 0.717) is 5.69 Å². The normalized spacial score (nSPS) is 11.6. The second-order valence-corrected chi connectivity index (χ2v) is 6.63. The third-order valence-corrected chi connectivity index (χ3v) is 4.87. The van der Waals surface area contributed by atoms with E-state index in [0.717, 1.165) is 23.5 Å². The van der Waals surface area contributed by atoms with Crippen LogP contribution in [-0.4, -0.2) is 21.2 Å². The molecule has 0 heterocycles. The zero-order valence-electron chi connectivity index (χ0n) is 10.1. The van der Waals surface area contributed by atoms with E-state index in [1.165, 1.54) is 7.05 Å². The molecule has 0 saturated heterocycles. The van der Waals surface area contributed by atoms with Crippen molar-refractivity contribution in [2.45, 2.75) is 29.6 Å². The van der Waals surface area contributed by atoms with E-state index >= 15 is 0 Å². The molecule has 0 aromatic heterocycles. The van der Waals surface area contributed by atoms with E-state index in [-0.39, 0.29) is 4.90 Å². The molecular weight excluding hydrogens is 256 g/mol. The first-order chi connectivity index (χ1) is 8.01. The number of nitrogens with two attached hydrogens (primary N) is 1. The van der Waals surface area contributed by atoms with E-state index in [1.807, 2.05) is 0 Å². The minimum Gasteiger partial charge on any atom is -0.398 e. The number of hydrogen-bond acceptors (Lipinski definition) is 4. The summed E-state index contributed by atoms with van der Waals surface area (Å²) in [7, 11) is -2.08. The molecule has 1 rings (SSSR count). The van der Waals surface area contributed by atoms with Crippen LogP contribution in [0.15, 0.2) is 28.0 Å². The van der Waals surface area contributed by atoms with Crippen LogP contribution >= 0.6 is 11.8 Å². The van der Waals surface area contributed by atoms with Gasteiger partial charge < -0.3 is 5.73 Å². The molecule has 0 amide bonds. The molecule has 0 atom stereocenters. The molecule has 0 unspecified atom stereocenters. The van der Waals surface area contributed by atoms with Crippen molar-refractivity contribution in [3.63, 3.8) is 0 Å². The Morgan fingerprint density at radius 3 is 2.65 bits per heavy atom. The van der Waals surface area contributed by atoms with Gasteiger partial charge in [0.2, 0.25) is 10.0 Å². The highest BCUT2D eigenvalue weighted by Gasteiger charge is 2.15. The van der Waals surface area contributed by atoms with Crippen LogP contribution in [0.5, 0.6) is 0 Å². The molecule has 0 bridgehead atoms. The minimum absolute atomic E-state index is 0.139. The zero-order valence-corrected chi connectivity index (χ0v) is 11.7. The standard InChI is InChI=1S/C11H18N2O2S2/c1-3-4-7-16-9-5-6-11(10(12)8-9)17(14,15)13-2/h5-6,8,13H,3-4,7,12H2,1-2H3. The molecule has 17 heavy (non-hydrogen) atoms. The van der Waals surface area contributed by atoms with Gasteiger partial charge in [-0.15, -0.1) is 11.8 Å². The van der Waals surface area contributed by atoms with Gasteiger partial charge in [0, 0.05) is 4.90 Å². The van der Waals surface area contributed by atoms with E-state index in [9.17, 15) is 8.42 Å². The largest absolute Gasteiger partial charge is 0.398 e. The number of nitrogen functional groups attached to an aromatic ring is 1. The summed E-state index contributed by atoms with van der Waals surface area (Å²) in [5.41, 5.74) is 6.05. The third-order valence-electron chi connectivity index (χ3n) is 2.31. The predicted molar refractivity (Wildman–Crippen MR) is 72.7 cm³/mol. The van der Waals surface area contributed by atoms with Crippen LogP contribution in [0.1, 0.15) is 19.8 Å². The summed E-state index contributed by atoms with van der Waals surface area (Å²) in [4.78, 5) is 1.14. The maximum atomic E-state index is 11.6. The number of sulfonamides is 1. The van der Waals surface area contributed by atoms with Crippen molar-refractivity contribution in [3.05, 3.63) is 18.2 Å². The van der Waals surface area contributed by atoms with Crippen LogP contribution in [0.3, 0.4) is 0 Å². The second-order valence-electron chi connectivity index (χ2n) is 3.61. The third kappa shape index (κ3) is 3.90. The molecule has 3 N–H and O–H groups in total. The number of nitrogens with one attached hydrogen (secondary N) is 1. The van der Waals surface area contributed by atoms with Crippen molar-refractivity contribution >= 4 is 27.5 Å². The average molecular weight is 274 g/mol. The van der Waals surface area contributed by atoms with E-state index < -0.39 is 10.0 Å². The Kier molecular flexibility index (Phi) is 5.30. The van der Waals surface area contributed by atoms with E-state index in [2.05, 4.69) is 11.6 Å². The molecule has 0 radical (unpaired) electrons. The van der Waals surface area contributed by atoms with E-state index in [1.54, 1.807) is 30.0 Å². The monoisotopic (exact) mass is 274 g/mol. The Balaban J connectivity index is 2.87. The van der Waals surface area contributed by atoms with E-state index in [4.69, 9.17) is 5.73 Å².